The quantitative estimate of drug-likeness (QED) is 0.478. The van der Waals surface area contributed by atoms with Gasteiger partial charge in [0.25, 0.3) is 0 Å². The van der Waals surface area contributed by atoms with E-state index in [-0.39, 0.29) is 18.4 Å². The molecule has 0 aliphatic carbocycles. The third-order valence-corrected chi connectivity index (χ3v) is 4.96. The Bertz CT molecular complexity index is 1040. The van der Waals surface area contributed by atoms with E-state index >= 15 is 0 Å². The van der Waals surface area contributed by atoms with Gasteiger partial charge in [-0.3, -0.25) is 0 Å². The number of methoxy groups -OCH3 is 3. The summed E-state index contributed by atoms with van der Waals surface area (Å²) >= 11 is 0. The van der Waals surface area contributed by atoms with Crippen molar-refractivity contribution in [3.8, 4) is 28.6 Å². The van der Waals surface area contributed by atoms with Crippen molar-refractivity contribution < 1.29 is 27.9 Å². The second-order valence-electron chi connectivity index (χ2n) is 7.31. The molecule has 33 heavy (non-hydrogen) atoms. The van der Waals surface area contributed by atoms with Gasteiger partial charge in [-0.15, -0.1) is 0 Å². The lowest BCUT2D eigenvalue weighted by Gasteiger charge is -2.22. The highest BCUT2D eigenvalue weighted by Gasteiger charge is 2.19. The maximum absolute atomic E-state index is 13.3. The standard InChI is InChI=1S/C24H28FN3O5/c1-5-10-26-24(29)28(14-16-6-8-18(25)9-7-16)15-19-13-20(33-27-19)17-11-21(30-2)23(32-4)22(12-17)31-3/h6-9,11-13H,5,10,14-15H2,1-4H3,(H,26,29). The third kappa shape index (κ3) is 5.94. The van der Waals surface area contributed by atoms with Crippen LogP contribution in [0.1, 0.15) is 24.6 Å². The SMILES string of the molecule is CCCNC(=O)N(Cc1ccc(F)cc1)Cc1cc(-c2cc(OC)c(OC)c(OC)c2)on1. The van der Waals surface area contributed by atoms with Crippen LogP contribution in [0, 0.1) is 5.82 Å². The average molecular weight is 458 g/mol. The highest BCUT2D eigenvalue weighted by Crippen LogP contribution is 2.41. The van der Waals surface area contributed by atoms with Gasteiger partial charge in [0.05, 0.1) is 27.9 Å². The number of rotatable bonds is 10. The molecule has 8 nitrogen and oxygen atoms in total. The fourth-order valence-electron chi connectivity index (χ4n) is 3.29. The summed E-state index contributed by atoms with van der Waals surface area (Å²) in [5.41, 5.74) is 2.05. The molecule has 0 bridgehead atoms. The number of amides is 2. The molecule has 0 aliphatic rings. The van der Waals surface area contributed by atoms with Crippen LogP contribution in [-0.4, -0.2) is 44.0 Å². The van der Waals surface area contributed by atoms with Crippen LogP contribution in [0.2, 0.25) is 0 Å². The van der Waals surface area contributed by atoms with Crippen LogP contribution in [0.25, 0.3) is 11.3 Å². The van der Waals surface area contributed by atoms with Gasteiger partial charge < -0.3 is 29.0 Å². The molecule has 1 N–H and O–H groups in total. The molecule has 3 rings (SSSR count). The van der Waals surface area contributed by atoms with Gasteiger partial charge in [0.15, 0.2) is 17.3 Å². The molecular formula is C24H28FN3O5. The average Bonchev–Trinajstić information content (AvgIpc) is 3.31. The van der Waals surface area contributed by atoms with Gasteiger partial charge in [-0.1, -0.05) is 24.2 Å². The largest absolute Gasteiger partial charge is 0.493 e. The molecule has 0 radical (unpaired) electrons. The zero-order chi connectivity index (χ0) is 23.8. The molecule has 2 amide bonds. The Kier molecular flexibility index (Phi) is 8.12. The molecule has 9 heteroatoms. The van der Waals surface area contributed by atoms with Gasteiger partial charge in [0, 0.05) is 24.7 Å². The fourth-order valence-corrected chi connectivity index (χ4v) is 3.29. The lowest BCUT2D eigenvalue weighted by molar-refractivity contribution is 0.190. The number of nitrogens with one attached hydrogen (secondary N) is 1. The van der Waals surface area contributed by atoms with E-state index in [1.54, 1.807) is 35.2 Å². The van der Waals surface area contributed by atoms with Crippen molar-refractivity contribution in [2.45, 2.75) is 26.4 Å². The van der Waals surface area contributed by atoms with Crippen LogP contribution < -0.4 is 19.5 Å². The van der Waals surface area contributed by atoms with Crippen molar-refractivity contribution >= 4 is 6.03 Å². The third-order valence-electron chi connectivity index (χ3n) is 4.96. The summed E-state index contributed by atoms with van der Waals surface area (Å²) in [5.74, 6) is 1.61. The smallest absolute Gasteiger partial charge is 0.318 e. The number of halogens is 1. The van der Waals surface area contributed by atoms with E-state index in [1.165, 1.54) is 33.5 Å². The molecule has 0 fully saturated rings. The number of hydrogen-bond acceptors (Lipinski definition) is 6. The van der Waals surface area contributed by atoms with Crippen LogP contribution in [0.4, 0.5) is 9.18 Å². The molecule has 0 spiro atoms. The van der Waals surface area contributed by atoms with Gasteiger partial charge in [-0.05, 0) is 36.2 Å². The number of nitrogens with zero attached hydrogens (tertiary/aromatic N) is 2. The van der Waals surface area contributed by atoms with Crippen molar-refractivity contribution in [3.05, 3.63) is 59.5 Å². The maximum atomic E-state index is 13.3. The number of aromatic nitrogens is 1. The number of carbonyl (C=O) groups excluding carboxylic acids is 1. The summed E-state index contributed by atoms with van der Waals surface area (Å²) in [4.78, 5) is 14.3. The molecule has 0 atom stereocenters. The van der Waals surface area contributed by atoms with Crippen LogP contribution in [0.3, 0.4) is 0 Å². The molecule has 0 unspecified atom stereocenters. The minimum Gasteiger partial charge on any atom is -0.493 e. The van der Waals surface area contributed by atoms with Crippen molar-refractivity contribution in [1.29, 1.82) is 0 Å². The highest BCUT2D eigenvalue weighted by molar-refractivity contribution is 5.74. The van der Waals surface area contributed by atoms with Crippen molar-refractivity contribution in [2.75, 3.05) is 27.9 Å². The number of benzene rings is 2. The topological polar surface area (TPSA) is 86.1 Å². The highest BCUT2D eigenvalue weighted by atomic mass is 19.1. The van der Waals surface area contributed by atoms with Crippen LogP contribution in [0.5, 0.6) is 17.2 Å². The van der Waals surface area contributed by atoms with E-state index in [0.717, 1.165) is 12.0 Å². The molecule has 176 valence electrons. The van der Waals surface area contributed by atoms with Crippen LogP contribution in [-0.2, 0) is 13.1 Å². The predicted molar refractivity (Wildman–Crippen MR) is 121 cm³/mol. The normalized spacial score (nSPS) is 10.6. The minimum atomic E-state index is -0.327. The number of carbonyl (C=O) groups is 1. The summed E-state index contributed by atoms with van der Waals surface area (Å²) in [6.45, 7) is 3.03. The van der Waals surface area contributed by atoms with Gasteiger partial charge in [-0.2, -0.15) is 0 Å². The Balaban J connectivity index is 1.84. The van der Waals surface area contributed by atoms with Crippen LogP contribution >= 0.6 is 0 Å². The number of ether oxygens (including phenoxy) is 3. The zero-order valence-electron chi connectivity index (χ0n) is 19.2. The first-order valence-electron chi connectivity index (χ1n) is 10.5. The summed E-state index contributed by atoms with van der Waals surface area (Å²) in [5, 5.41) is 7.01. The first-order valence-corrected chi connectivity index (χ1v) is 10.5. The Hall–Kier alpha value is -3.75. The summed E-state index contributed by atoms with van der Waals surface area (Å²) in [7, 11) is 4.61. The minimum absolute atomic E-state index is 0.209. The maximum Gasteiger partial charge on any atom is 0.318 e. The number of urea groups is 1. The van der Waals surface area contributed by atoms with Gasteiger partial charge in [0.2, 0.25) is 5.75 Å². The van der Waals surface area contributed by atoms with Gasteiger partial charge in [0.1, 0.15) is 11.5 Å². The monoisotopic (exact) mass is 457 g/mol. The van der Waals surface area contributed by atoms with E-state index < -0.39 is 0 Å². The summed E-state index contributed by atoms with van der Waals surface area (Å²) < 4.78 is 35.0. The summed E-state index contributed by atoms with van der Waals surface area (Å²) in [6.07, 6.45) is 0.811. The lowest BCUT2D eigenvalue weighted by atomic mass is 10.1. The van der Waals surface area contributed by atoms with Crippen molar-refractivity contribution in [3.63, 3.8) is 0 Å². The Morgan fingerprint density at radius 3 is 2.27 bits per heavy atom. The molecule has 1 aromatic heterocycles. The zero-order valence-corrected chi connectivity index (χ0v) is 19.2. The molecule has 3 aromatic rings. The van der Waals surface area contributed by atoms with E-state index in [9.17, 15) is 9.18 Å². The second-order valence-corrected chi connectivity index (χ2v) is 7.31. The summed E-state index contributed by atoms with van der Waals surface area (Å²) in [6, 6.07) is 11.1. The molecule has 1 heterocycles. The van der Waals surface area contributed by atoms with E-state index in [1.807, 2.05) is 6.92 Å². The molecule has 0 saturated carbocycles. The molecule has 2 aromatic carbocycles. The Morgan fingerprint density at radius 2 is 1.70 bits per heavy atom. The Labute approximate surface area is 192 Å². The van der Waals surface area contributed by atoms with Crippen molar-refractivity contribution in [2.24, 2.45) is 0 Å². The fraction of sp³-hybridized carbons (Fsp3) is 0.333. The predicted octanol–water partition coefficient (Wildman–Crippen LogP) is 4.63. The van der Waals surface area contributed by atoms with E-state index in [0.29, 0.717) is 47.4 Å². The van der Waals surface area contributed by atoms with E-state index in [4.69, 9.17) is 18.7 Å². The molecular weight excluding hydrogens is 429 g/mol. The second kappa shape index (κ2) is 11.2. The Morgan fingerprint density at radius 1 is 1.03 bits per heavy atom. The first-order chi connectivity index (χ1) is 16.0. The first kappa shape index (κ1) is 23.9. The van der Waals surface area contributed by atoms with Gasteiger partial charge >= 0.3 is 6.03 Å². The molecule has 0 aliphatic heterocycles. The molecule has 0 saturated heterocycles. The lowest BCUT2D eigenvalue weighted by Crippen LogP contribution is -2.39. The van der Waals surface area contributed by atoms with Gasteiger partial charge in [-0.25, -0.2) is 9.18 Å². The van der Waals surface area contributed by atoms with E-state index in [2.05, 4.69) is 10.5 Å². The number of hydrogen-bond donors (Lipinski definition) is 1. The van der Waals surface area contributed by atoms with Crippen LogP contribution in [0.15, 0.2) is 47.0 Å². The van der Waals surface area contributed by atoms with Crippen molar-refractivity contribution in [1.82, 2.24) is 15.4 Å².